The van der Waals surface area contributed by atoms with Crippen LogP contribution in [0.3, 0.4) is 0 Å². The molecule has 4 heteroatoms. The monoisotopic (exact) mass is 225 g/mol. The molecule has 0 saturated heterocycles. The first kappa shape index (κ1) is 11.9. The van der Waals surface area contributed by atoms with Crippen molar-refractivity contribution in [1.82, 2.24) is 4.98 Å². The summed E-state index contributed by atoms with van der Waals surface area (Å²) in [6.45, 7) is 9.21. The van der Waals surface area contributed by atoms with Crippen LogP contribution >= 0.6 is 11.3 Å². The SMILES string of the molecule is C=C(Cc1cscn1)C(=O)OC(C)(C)C. The molecule has 0 aliphatic heterocycles. The van der Waals surface area contributed by atoms with E-state index in [1.54, 1.807) is 5.51 Å². The van der Waals surface area contributed by atoms with Crippen LogP contribution in [0.15, 0.2) is 23.0 Å². The molecule has 1 rings (SSSR count). The predicted octanol–water partition coefficient (Wildman–Crippen LogP) is 2.58. The van der Waals surface area contributed by atoms with Crippen molar-refractivity contribution in [3.05, 3.63) is 28.7 Å². The quantitative estimate of drug-likeness (QED) is 0.586. The molecular weight excluding hydrogens is 210 g/mol. The van der Waals surface area contributed by atoms with Gasteiger partial charge in [0.1, 0.15) is 5.60 Å². The summed E-state index contributed by atoms with van der Waals surface area (Å²) in [6, 6.07) is 0. The third-order valence-corrected chi connectivity index (χ3v) is 2.20. The zero-order valence-electron chi connectivity index (χ0n) is 9.24. The van der Waals surface area contributed by atoms with Crippen LogP contribution < -0.4 is 0 Å². The number of ether oxygens (including phenoxy) is 1. The van der Waals surface area contributed by atoms with E-state index >= 15 is 0 Å². The second kappa shape index (κ2) is 4.57. The molecule has 0 aromatic carbocycles. The Morgan fingerprint density at radius 3 is 2.73 bits per heavy atom. The number of hydrogen-bond acceptors (Lipinski definition) is 4. The minimum Gasteiger partial charge on any atom is -0.457 e. The number of hydrogen-bond donors (Lipinski definition) is 0. The summed E-state index contributed by atoms with van der Waals surface area (Å²) in [5.41, 5.74) is 2.56. The topological polar surface area (TPSA) is 39.2 Å². The van der Waals surface area contributed by atoms with Crippen molar-refractivity contribution in [3.8, 4) is 0 Å². The van der Waals surface area contributed by atoms with E-state index < -0.39 is 5.60 Å². The van der Waals surface area contributed by atoms with Crippen LogP contribution in [0, 0.1) is 0 Å². The normalized spacial score (nSPS) is 11.1. The van der Waals surface area contributed by atoms with Gasteiger partial charge >= 0.3 is 5.97 Å². The molecule has 0 radical (unpaired) electrons. The van der Waals surface area contributed by atoms with Crippen LogP contribution in [0.25, 0.3) is 0 Å². The maximum Gasteiger partial charge on any atom is 0.334 e. The van der Waals surface area contributed by atoms with Gasteiger partial charge in [0.15, 0.2) is 0 Å². The van der Waals surface area contributed by atoms with Gasteiger partial charge < -0.3 is 4.74 Å². The second-order valence-electron chi connectivity index (χ2n) is 4.26. The fourth-order valence-corrected chi connectivity index (χ4v) is 1.52. The molecule has 0 fully saturated rings. The Morgan fingerprint density at radius 2 is 2.27 bits per heavy atom. The molecular formula is C11H15NO2S. The van der Waals surface area contributed by atoms with E-state index in [1.807, 2.05) is 26.2 Å². The fourth-order valence-electron chi connectivity index (χ4n) is 0.966. The number of carbonyl (C=O) groups excluding carboxylic acids is 1. The van der Waals surface area contributed by atoms with Gasteiger partial charge in [-0.2, -0.15) is 0 Å². The summed E-state index contributed by atoms with van der Waals surface area (Å²) < 4.78 is 5.19. The van der Waals surface area contributed by atoms with Gasteiger partial charge in [0.25, 0.3) is 0 Å². The predicted molar refractivity (Wildman–Crippen MR) is 60.8 cm³/mol. The van der Waals surface area contributed by atoms with Crippen LogP contribution in [-0.4, -0.2) is 16.6 Å². The number of nitrogens with zero attached hydrogens (tertiary/aromatic N) is 1. The van der Waals surface area contributed by atoms with Crippen molar-refractivity contribution in [3.63, 3.8) is 0 Å². The average molecular weight is 225 g/mol. The first-order valence-corrected chi connectivity index (χ1v) is 5.61. The lowest BCUT2D eigenvalue weighted by atomic mass is 10.1. The molecule has 1 aromatic rings. The minimum atomic E-state index is -0.470. The van der Waals surface area contributed by atoms with Gasteiger partial charge in [0.2, 0.25) is 0 Å². The number of thiazole rings is 1. The molecule has 1 heterocycles. The molecule has 0 saturated carbocycles. The summed E-state index contributed by atoms with van der Waals surface area (Å²) in [4.78, 5) is 15.6. The highest BCUT2D eigenvalue weighted by molar-refractivity contribution is 7.07. The molecule has 0 atom stereocenters. The molecule has 1 aromatic heterocycles. The van der Waals surface area contributed by atoms with Gasteiger partial charge in [-0.3, -0.25) is 0 Å². The lowest BCUT2D eigenvalue weighted by Gasteiger charge is -2.19. The number of esters is 1. The van der Waals surface area contributed by atoms with Gasteiger partial charge in [-0.25, -0.2) is 9.78 Å². The van der Waals surface area contributed by atoms with Crippen molar-refractivity contribution in [2.24, 2.45) is 0 Å². The second-order valence-corrected chi connectivity index (χ2v) is 4.98. The van der Waals surface area contributed by atoms with Gasteiger partial charge in [0.05, 0.1) is 11.2 Å². The molecule has 3 nitrogen and oxygen atoms in total. The number of aromatic nitrogens is 1. The smallest absolute Gasteiger partial charge is 0.334 e. The van der Waals surface area contributed by atoms with E-state index in [4.69, 9.17) is 4.74 Å². The van der Waals surface area contributed by atoms with Crippen LogP contribution in [0.1, 0.15) is 26.5 Å². The standard InChI is InChI=1S/C11H15NO2S/c1-8(5-9-6-15-7-12-9)10(13)14-11(2,3)4/h6-7H,1,5H2,2-4H3. The van der Waals surface area contributed by atoms with E-state index in [2.05, 4.69) is 11.6 Å². The summed E-state index contributed by atoms with van der Waals surface area (Å²) in [5.74, 6) is -0.351. The Hall–Kier alpha value is -1.16. The highest BCUT2D eigenvalue weighted by Crippen LogP contribution is 2.13. The van der Waals surface area contributed by atoms with Crippen molar-refractivity contribution in [2.75, 3.05) is 0 Å². The largest absolute Gasteiger partial charge is 0.457 e. The van der Waals surface area contributed by atoms with Gasteiger partial charge in [0, 0.05) is 17.4 Å². The third kappa shape index (κ3) is 4.25. The number of carbonyl (C=O) groups is 1. The van der Waals surface area contributed by atoms with Crippen molar-refractivity contribution < 1.29 is 9.53 Å². The molecule has 15 heavy (non-hydrogen) atoms. The Kier molecular flexibility index (Phi) is 3.63. The first-order valence-electron chi connectivity index (χ1n) is 4.66. The summed E-state index contributed by atoms with van der Waals surface area (Å²) in [6.07, 6.45) is 0.457. The van der Waals surface area contributed by atoms with Gasteiger partial charge in [-0.15, -0.1) is 11.3 Å². The highest BCUT2D eigenvalue weighted by atomic mass is 32.1. The van der Waals surface area contributed by atoms with Crippen LogP contribution in [0.4, 0.5) is 0 Å². The van der Waals surface area contributed by atoms with E-state index in [1.165, 1.54) is 11.3 Å². The number of rotatable bonds is 3. The fraction of sp³-hybridized carbons (Fsp3) is 0.455. The van der Waals surface area contributed by atoms with E-state index in [0.29, 0.717) is 12.0 Å². The molecule has 0 aliphatic rings. The molecule has 0 bridgehead atoms. The third-order valence-electron chi connectivity index (χ3n) is 1.57. The first-order chi connectivity index (χ1) is 6.88. The minimum absolute atomic E-state index is 0.351. The molecule has 0 amide bonds. The van der Waals surface area contributed by atoms with Crippen LogP contribution in [0.5, 0.6) is 0 Å². The molecule has 82 valence electrons. The summed E-state index contributed by atoms with van der Waals surface area (Å²) in [7, 11) is 0. The summed E-state index contributed by atoms with van der Waals surface area (Å²) >= 11 is 1.50. The van der Waals surface area contributed by atoms with Crippen molar-refractivity contribution in [2.45, 2.75) is 32.8 Å². The Balaban J connectivity index is 2.51. The Labute approximate surface area is 93.8 Å². The van der Waals surface area contributed by atoms with E-state index in [9.17, 15) is 4.79 Å². The summed E-state index contributed by atoms with van der Waals surface area (Å²) in [5, 5.41) is 1.90. The lowest BCUT2D eigenvalue weighted by molar-refractivity contribution is -0.149. The maximum atomic E-state index is 11.5. The van der Waals surface area contributed by atoms with E-state index in [-0.39, 0.29) is 5.97 Å². The van der Waals surface area contributed by atoms with Crippen molar-refractivity contribution >= 4 is 17.3 Å². The Bertz CT molecular complexity index is 349. The van der Waals surface area contributed by atoms with Crippen LogP contribution in [0.2, 0.25) is 0 Å². The van der Waals surface area contributed by atoms with Gasteiger partial charge in [-0.05, 0) is 20.8 Å². The van der Waals surface area contributed by atoms with E-state index in [0.717, 1.165) is 5.69 Å². The Morgan fingerprint density at radius 1 is 1.60 bits per heavy atom. The molecule has 0 spiro atoms. The molecule has 0 N–H and O–H groups in total. The molecule has 0 aliphatic carbocycles. The zero-order chi connectivity index (χ0) is 11.5. The molecule has 0 unspecified atom stereocenters. The lowest BCUT2D eigenvalue weighted by Crippen LogP contribution is -2.25. The van der Waals surface area contributed by atoms with Crippen molar-refractivity contribution in [1.29, 1.82) is 0 Å². The maximum absolute atomic E-state index is 11.5. The van der Waals surface area contributed by atoms with Gasteiger partial charge in [-0.1, -0.05) is 6.58 Å². The highest BCUT2D eigenvalue weighted by Gasteiger charge is 2.18. The van der Waals surface area contributed by atoms with Crippen LogP contribution in [-0.2, 0) is 16.0 Å². The average Bonchev–Trinajstić information content (AvgIpc) is 2.53. The zero-order valence-corrected chi connectivity index (χ0v) is 10.1.